The lowest BCUT2D eigenvalue weighted by Gasteiger charge is -2.25. The number of benzene rings is 3. The van der Waals surface area contributed by atoms with E-state index in [1.54, 1.807) is 13.3 Å². The van der Waals surface area contributed by atoms with Crippen LogP contribution in [0.3, 0.4) is 0 Å². The number of morpholine rings is 1. The summed E-state index contributed by atoms with van der Waals surface area (Å²) in [5, 5.41) is 4.09. The molecule has 6 rings (SSSR count). The number of alkyl halides is 3. The number of aromatic nitrogens is 3. The van der Waals surface area contributed by atoms with Gasteiger partial charge in [-0.1, -0.05) is 12.1 Å². The molecular formula is C31H29F3N6O2. The van der Waals surface area contributed by atoms with Gasteiger partial charge in [0.15, 0.2) is 0 Å². The van der Waals surface area contributed by atoms with Gasteiger partial charge >= 0.3 is 6.18 Å². The van der Waals surface area contributed by atoms with Crippen LogP contribution in [0, 0.1) is 0 Å². The van der Waals surface area contributed by atoms with Crippen LogP contribution in [0.15, 0.2) is 84.0 Å². The molecule has 2 aromatic carbocycles. The number of halogens is 3. The molecule has 0 bridgehead atoms. The van der Waals surface area contributed by atoms with Crippen molar-refractivity contribution in [2.75, 3.05) is 51.8 Å². The lowest BCUT2D eigenvalue weighted by Crippen LogP contribution is -2.38. The molecule has 3 aromatic rings. The minimum atomic E-state index is -4.42. The highest BCUT2D eigenvalue weighted by molar-refractivity contribution is 5.84. The first-order chi connectivity index (χ1) is 20.4. The molecule has 1 saturated heterocycles. The van der Waals surface area contributed by atoms with E-state index >= 15 is 0 Å². The second kappa shape index (κ2) is 11.8. The first-order valence-corrected chi connectivity index (χ1v) is 13.6. The molecule has 3 heterocycles. The first-order valence-electron chi connectivity index (χ1n) is 13.6. The summed E-state index contributed by atoms with van der Waals surface area (Å²) in [5.74, 6) is 0.433. The maximum atomic E-state index is 13.4. The van der Waals surface area contributed by atoms with Crippen LogP contribution in [-0.2, 0) is 10.9 Å². The maximum absolute atomic E-state index is 13.4. The van der Waals surface area contributed by atoms with Crippen molar-refractivity contribution in [3.05, 3.63) is 89.9 Å². The lowest BCUT2D eigenvalue weighted by atomic mass is 10.1. The van der Waals surface area contributed by atoms with Gasteiger partial charge in [0.25, 0.3) is 0 Å². The van der Waals surface area contributed by atoms with Crippen molar-refractivity contribution in [2.45, 2.75) is 6.18 Å². The van der Waals surface area contributed by atoms with Crippen LogP contribution in [0.25, 0.3) is 28.1 Å². The first kappa shape index (κ1) is 27.7. The van der Waals surface area contributed by atoms with Crippen LogP contribution in [-0.4, -0.2) is 65.9 Å². The van der Waals surface area contributed by atoms with Crippen LogP contribution < -0.4 is 15.4 Å². The van der Waals surface area contributed by atoms with E-state index in [0.717, 1.165) is 37.3 Å². The smallest absolute Gasteiger partial charge is 0.416 e. The van der Waals surface area contributed by atoms with Crippen LogP contribution in [0.1, 0.15) is 5.56 Å². The normalized spacial score (nSPS) is 14.9. The van der Waals surface area contributed by atoms with E-state index in [2.05, 4.69) is 15.2 Å². The summed E-state index contributed by atoms with van der Waals surface area (Å²) in [6, 6.07) is 20.2. The lowest BCUT2D eigenvalue weighted by molar-refractivity contribution is -0.137. The Morgan fingerprint density at radius 2 is 1.76 bits per heavy atom. The quantitative estimate of drug-likeness (QED) is 0.258. The fourth-order valence-electron chi connectivity index (χ4n) is 5.08. The molecule has 3 aliphatic rings. The average Bonchev–Trinajstić information content (AvgIpc) is 3.00. The molecule has 1 aliphatic carbocycles. The zero-order valence-electron chi connectivity index (χ0n) is 22.9. The number of hydrogen-bond acceptors (Lipinski definition) is 7. The molecule has 11 heteroatoms. The van der Waals surface area contributed by atoms with Gasteiger partial charge in [0, 0.05) is 31.5 Å². The van der Waals surface area contributed by atoms with Crippen LogP contribution in [0.4, 0.5) is 24.5 Å². The fraction of sp³-hybridized carbons (Fsp3) is 0.258. The average molecular weight is 575 g/mol. The zero-order valence-corrected chi connectivity index (χ0v) is 22.9. The molecule has 1 fully saturated rings. The molecule has 216 valence electrons. The van der Waals surface area contributed by atoms with Gasteiger partial charge in [-0.05, 0) is 60.7 Å². The van der Waals surface area contributed by atoms with E-state index in [-0.39, 0.29) is 0 Å². The topological polar surface area (TPSA) is 76.8 Å². The van der Waals surface area contributed by atoms with E-state index < -0.39 is 11.7 Å². The standard InChI is InChI=1S/C31H29F3N6O2/c1-41-30-24(6-4-12-36-30)38-26-19-27-29(20-25(26)35-13-14-39-15-17-42-18-16-39)40(28-7-3-2-5-23(28)37-27)22-10-8-21(9-11-22)31(32,33)34/h2-12,19-20,38H,13-18H2,1H3. The number of anilines is 2. The predicted octanol–water partition coefficient (Wildman–Crippen LogP) is 5.53. The number of rotatable bonds is 7. The fourth-order valence-corrected chi connectivity index (χ4v) is 5.08. The third-order valence-corrected chi connectivity index (χ3v) is 7.19. The Kier molecular flexibility index (Phi) is 7.77. The number of ether oxygens (including phenoxy) is 2. The molecule has 0 radical (unpaired) electrons. The van der Waals surface area contributed by atoms with Crippen molar-refractivity contribution in [3.8, 4) is 23.0 Å². The Morgan fingerprint density at radius 1 is 0.976 bits per heavy atom. The van der Waals surface area contributed by atoms with E-state index in [1.165, 1.54) is 12.1 Å². The Balaban J connectivity index is 1.52. The van der Waals surface area contributed by atoms with Gasteiger partial charge < -0.3 is 19.4 Å². The highest BCUT2D eigenvalue weighted by Gasteiger charge is 2.30. The van der Waals surface area contributed by atoms with Crippen LogP contribution in [0.2, 0.25) is 0 Å². The Labute approximate surface area is 240 Å². The highest BCUT2D eigenvalue weighted by atomic mass is 19.4. The minimum Gasteiger partial charge on any atom is -0.480 e. The van der Waals surface area contributed by atoms with Crippen molar-refractivity contribution < 1.29 is 22.6 Å². The molecule has 0 saturated carbocycles. The summed E-state index contributed by atoms with van der Waals surface area (Å²) in [4.78, 5) is 16.5. The van der Waals surface area contributed by atoms with Crippen LogP contribution in [0.5, 0.6) is 5.88 Å². The Bertz CT molecular complexity index is 1730. The second-order valence-electron chi connectivity index (χ2n) is 9.86. The number of nitrogens with zero attached hydrogens (tertiary/aromatic N) is 5. The number of hydrogen-bond donors (Lipinski definition) is 1. The monoisotopic (exact) mass is 574 g/mol. The third-order valence-electron chi connectivity index (χ3n) is 7.19. The second-order valence-corrected chi connectivity index (χ2v) is 9.86. The van der Waals surface area contributed by atoms with Crippen molar-refractivity contribution in [1.82, 2.24) is 19.4 Å². The van der Waals surface area contributed by atoms with Crippen LogP contribution >= 0.6 is 0 Å². The summed E-state index contributed by atoms with van der Waals surface area (Å²) in [6.07, 6.45) is -2.77. The van der Waals surface area contributed by atoms with Gasteiger partial charge in [-0.2, -0.15) is 13.2 Å². The molecule has 0 atom stereocenters. The van der Waals surface area contributed by atoms with E-state index in [9.17, 15) is 13.2 Å². The van der Waals surface area contributed by atoms with Gasteiger partial charge in [-0.25, -0.2) is 9.97 Å². The number of methoxy groups -OCH3 is 1. The summed E-state index contributed by atoms with van der Waals surface area (Å²) in [5.41, 5.74) is 4.07. The predicted molar refractivity (Wildman–Crippen MR) is 154 cm³/mol. The van der Waals surface area contributed by atoms with Gasteiger partial charge in [-0.15, -0.1) is 0 Å². The number of para-hydroxylation sites is 2. The van der Waals surface area contributed by atoms with E-state index in [0.29, 0.717) is 65.0 Å². The van der Waals surface area contributed by atoms with Crippen molar-refractivity contribution in [2.24, 2.45) is 4.99 Å². The molecule has 2 aliphatic heterocycles. The van der Waals surface area contributed by atoms with Gasteiger partial charge in [0.05, 0.1) is 65.9 Å². The molecule has 0 spiro atoms. The molecule has 0 unspecified atom stereocenters. The van der Waals surface area contributed by atoms with Crippen molar-refractivity contribution >= 4 is 22.4 Å². The number of fused-ring (bicyclic) bond motifs is 2. The molecule has 0 amide bonds. The number of nitrogens with one attached hydrogen (secondary N) is 1. The van der Waals surface area contributed by atoms with Gasteiger partial charge in [0.2, 0.25) is 5.88 Å². The molecule has 1 aromatic heterocycles. The third kappa shape index (κ3) is 5.79. The molecule has 8 nitrogen and oxygen atoms in total. The minimum absolute atomic E-state index is 0.433. The largest absolute Gasteiger partial charge is 0.480 e. The summed E-state index contributed by atoms with van der Waals surface area (Å²) < 4.78 is 52.9. The Morgan fingerprint density at radius 3 is 2.52 bits per heavy atom. The zero-order chi connectivity index (χ0) is 29.1. The summed E-state index contributed by atoms with van der Waals surface area (Å²) >= 11 is 0. The molecule has 1 N–H and O–H groups in total. The summed E-state index contributed by atoms with van der Waals surface area (Å²) in [7, 11) is 1.56. The maximum Gasteiger partial charge on any atom is 0.416 e. The Hall–Kier alpha value is -4.48. The van der Waals surface area contributed by atoms with Gasteiger partial charge in [-0.3, -0.25) is 9.89 Å². The van der Waals surface area contributed by atoms with Gasteiger partial charge in [0.1, 0.15) is 5.69 Å². The SMILES string of the molecule is COc1ncccc1Nc1cc2nc3ccccc3n(-c3ccc(C(F)(F)F)cc3)c-2cc1=NCCN1CCOCC1. The highest BCUT2D eigenvalue weighted by Crippen LogP contribution is 2.34. The van der Waals surface area contributed by atoms with E-state index in [4.69, 9.17) is 19.5 Å². The summed E-state index contributed by atoms with van der Waals surface area (Å²) in [6.45, 7) is 4.44. The van der Waals surface area contributed by atoms with E-state index in [1.807, 2.05) is 53.1 Å². The number of pyridine rings is 1. The van der Waals surface area contributed by atoms with Crippen molar-refractivity contribution in [1.29, 1.82) is 0 Å². The molecular weight excluding hydrogens is 545 g/mol. The molecule has 42 heavy (non-hydrogen) atoms. The van der Waals surface area contributed by atoms with Crippen molar-refractivity contribution in [3.63, 3.8) is 0 Å².